The summed E-state index contributed by atoms with van der Waals surface area (Å²) in [5.41, 5.74) is -0.467. The van der Waals surface area contributed by atoms with Crippen molar-refractivity contribution in [3.8, 4) is 0 Å². The van der Waals surface area contributed by atoms with Gasteiger partial charge in [0, 0.05) is 39.3 Å². The Balaban J connectivity index is 1.51. The molecule has 1 aliphatic heterocycles. The summed E-state index contributed by atoms with van der Waals surface area (Å²) < 4.78 is 0. The molecular weight excluding hydrogens is 264 g/mol. The number of hydrogen-bond acceptors (Lipinski definition) is 3. The van der Waals surface area contributed by atoms with Crippen molar-refractivity contribution in [2.24, 2.45) is 17.3 Å². The molecule has 0 unspecified atom stereocenters. The molecule has 0 atom stereocenters. The smallest absolute Gasteiger partial charge is 0.310 e. The van der Waals surface area contributed by atoms with E-state index in [1.807, 2.05) is 0 Å². The second kappa shape index (κ2) is 6.25. The summed E-state index contributed by atoms with van der Waals surface area (Å²) in [6.45, 7) is 8.66. The van der Waals surface area contributed by atoms with E-state index in [2.05, 4.69) is 16.7 Å². The Morgan fingerprint density at radius 3 is 2.14 bits per heavy atom. The van der Waals surface area contributed by atoms with Gasteiger partial charge in [0.2, 0.25) is 0 Å². The van der Waals surface area contributed by atoms with Gasteiger partial charge in [0.1, 0.15) is 0 Å². The summed E-state index contributed by atoms with van der Waals surface area (Å²) >= 11 is 0. The molecule has 4 heteroatoms. The first-order chi connectivity index (χ1) is 10.1. The van der Waals surface area contributed by atoms with Crippen LogP contribution in [0.2, 0.25) is 0 Å². The van der Waals surface area contributed by atoms with Crippen molar-refractivity contribution >= 4 is 5.97 Å². The fraction of sp³-hybridized carbons (Fsp3) is 0.941. The predicted octanol–water partition coefficient (Wildman–Crippen LogP) is 2.30. The fourth-order valence-corrected chi connectivity index (χ4v) is 3.98. The summed E-state index contributed by atoms with van der Waals surface area (Å²) in [5, 5.41) is 9.75. The van der Waals surface area contributed by atoms with E-state index >= 15 is 0 Å². The largest absolute Gasteiger partial charge is 0.481 e. The maximum Gasteiger partial charge on any atom is 0.310 e. The van der Waals surface area contributed by atoms with Gasteiger partial charge in [-0.1, -0.05) is 6.92 Å². The van der Waals surface area contributed by atoms with Crippen LogP contribution in [-0.4, -0.2) is 60.1 Å². The van der Waals surface area contributed by atoms with Gasteiger partial charge in [0.25, 0.3) is 0 Å². The zero-order valence-corrected chi connectivity index (χ0v) is 13.4. The van der Waals surface area contributed by atoms with Gasteiger partial charge in [-0.25, -0.2) is 0 Å². The molecule has 1 N–H and O–H groups in total. The number of rotatable bonds is 5. The molecule has 0 aromatic carbocycles. The first kappa shape index (κ1) is 15.3. The SMILES string of the molecule is CC1CCC(CN2CCN(CC3CC3)CC2)(C(=O)O)CC1. The number of hydrogen-bond donors (Lipinski definition) is 1. The highest BCUT2D eigenvalue weighted by Crippen LogP contribution is 2.40. The van der Waals surface area contributed by atoms with E-state index in [1.54, 1.807) is 0 Å². The van der Waals surface area contributed by atoms with E-state index in [0.717, 1.165) is 64.3 Å². The van der Waals surface area contributed by atoms with E-state index in [4.69, 9.17) is 0 Å². The standard InChI is InChI=1S/C17H30N2O2/c1-14-4-6-17(7-5-14,16(20)21)13-19-10-8-18(9-11-19)12-15-2-3-15/h14-15H,2-13H2,1H3,(H,20,21). The van der Waals surface area contributed by atoms with E-state index in [9.17, 15) is 9.90 Å². The number of carboxylic acid groups (broad SMARTS) is 1. The van der Waals surface area contributed by atoms with Gasteiger partial charge in [-0.05, 0) is 50.4 Å². The van der Waals surface area contributed by atoms with Gasteiger partial charge in [-0.3, -0.25) is 9.69 Å². The molecule has 4 nitrogen and oxygen atoms in total. The number of carboxylic acids is 1. The molecule has 3 aliphatic rings. The third-order valence-corrected chi connectivity index (χ3v) is 5.89. The van der Waals surface area contributed by atoms with Gasteiger partial charge in [0.15, 0.2) is 0 Å². The lowest BCUT2D eigenvalue weighted by Crippen LogP contribution is -2.52. The van der Waals surface area contributed by atoms with Crippen LogP contribution < -0.4 is 0 Å². The van der Waals surface area contributed by atoms with E-state index in [0.29, 0.717) is 5.92 Å². The third kappa shape index (κ3) is 3.78. The minimum Gasteiger partial charge on any atom is -0.481 e. The van der Waals surface area contributed by atoms with Crippen molar-refractivity contribution in [1.29, 1.82) is 0 Å². The van der Waals surface area contributed by atoms with Crippen molar-refractivity contribution in [1.82, 2.24) is 9.80 Å². The zero-order chi connectivity index (χ0) is 14.9. The van der Waals surface area contributed by atoms with Crippen LogP contribution in [0, 0.1) is 17.3 Å². The summed E-state index contributed by atoms with van der Waals surface area (Å²) in [5.74, 6) is 1.10. The Morgan fingerprint density at radius 1 is 1.05 bits per heavy atom. The van der Waals surface area contributed by atoms with Crippen LogP contribution in [-0.2, 0) is 4.79 Å². The highest BCUT2D eigenvalue weighted by Gasteiger charge is 2.42. The summed E-state index contributed by atoms with van der Waals surface area (Å²) in [6, 6.07) is 0. The summed E-state index contributed by atoms with van der Waals surface area (Å²) in [4.78, 5) is 16.8. The highest BCUT2D eigenvalue weighted by molar-refractivity contribution is 5.75. The van der Waals surface area contributed by atoms with Gasteiger partial charge in [-0.15, -0.1) is 0 Å². The molecule has 3 fully saturated rings. The van der Waals surface area contributed by atoms with Crippen molar-refractivity contribution in [2.45, 2.75) is 45.4 Å². The van der Waals surface area contributed by atoms with Gasteiger partial charge in [-0.2, -0.15) is 0 Å². The Kier molecular flexibility index (Phi) is 4.55. The first-order valence-electron chi connectivity index (χ1n) is 8.75. The van der Waals surface area contributed by atoms with Crippen molar-refractivity contribution in [3.05, 3.63) is 0 Å². The zero-order valence-electron chi connectivity index (χ0n) is 13.4. The molecule has 0 radical (unpaired) electrons. The lowest BCUT2D eigenvalue weighted by Gasteiger charge is -2.42. The van der Waals surface area contributed by atoms with Crippen molar-refractivity contribution < 1.29 is 9.90 Å². The minimum absolute atomic E-state index is 0.467. The van der Waals surface area contributed by atoms with Crippen molar-refractivity contribution in [2.75, 3.05) is 39.3 Å². The minimum atomic E-state index is -0.560. The topological polar surface area (TPSA) is 43.8 Å². The molecule has 0 spiro atoms. The molecule has 2 saturated carbocycles. The maximum absolute atomic E-state index is 11.8. The molecule has 2 aliphatic carbocycles. The molecule has 3 rings (SSSR count). The molecular formula is C17H30N2O2. The highest BCUT2D eigenvalue weighted by atomic mass is 16.4. The second-order valence-electron chi connectivity index (χ2n) is 7.79. The Labute approximate surface area is 128 Å². The average Bonchev–Trinajstić information content (AvgIpc) is 3.27. The van der Waals surface area contributed by atoms with Gasteiger partial charge in [0.05, 0.1) is 5.41 Å². The molecule has 0 bridgehead atoms. The number of nitrogens with zero attached hydrogens (tertiary/aromatic N) is 2. The van der Waals surface area contributed by atoms with Crippen LogP contribution in [0.25, 0.3) is 0 Å². The molecule has 0 aromatic rings. The maximum atomic E-state index is 11.8. The number of aliphatic carboxylic acids is 1. The Morgan fingerprint density at radius 2 is 1.62 bits per heavy atom. The van der Waals surface area contributed by atoms with Gasteiger partial charge < -0.3 is 10.0 Å². The average molecular weight is 294 g/mol. The monoisotopic (exact) mass is 294 g/mol. The fourth-order valence-electron chi connectivity index (χ4n) is 3.98. The quantitative estimate of drug-likeness (QED) is 0.845. The molecule has 0 aromatic heterocycles. The molecule has 0 amide bonds. The number of carbonyl (C=O) groups is 1. The Hall–Kier alpha value is -0.610. The molecule has 120 valence electrons. The second-order valence-corrected chi connectivity index (χ2v) is 7.79. The first-order valence-corrected chi connectivity index (χ1v) is 8.75. The molecule has 21 heavy (non-hydrogen) atoms. The van der Waals surface area contributed by atoms with Crippen LogP contribution in [0.3, 0.4) is 0 Å². The summed E-state index contributed by atoms with van der Waals surface area (Å²) in [7, 11) is 0. The van der Waals surface area contributed by atoms with E-state index in [-0.39, 0.29) is 0 Å². The van der Waals surface area contributed by atoms with Crippen molar-refractivity contribution in [3.63, 3.8) is 0 Å². The van der Waals surface area contributed by atoms with Crippen LogP contribution in [0.1, 0.15) is 45.4 Å². The summed E-state index contributed by atoms with van der Waals surface area (Å²) in [6.07, 6.45) is 6.72. The van der Waals surface area contributed by atoms with Crippen LogP contribution >= 0.6 is 0 Å². The lowest BCUT2D eigenvalue weighted by molar-refractivity contribution is -0.153. The number of piperazine rings is 1. The van der Waals surface area contributed by atoms with Gasteiger partial charge >= 0.3 is 5.97 Å². The Bertz CT molecular complexity index is 365. The van der Waals surface area contributed by atoms with E-state index < -0.39 is 11.4 Å². The molecule has 1 saturated heterocycles. The normalized spacial score (nSPS) is 35.8. The van der Waals surface area contributed by atoms with E-state index in [1.165, 1.54) is 19.4 Å². The predicted molar refractivity (Wildman–Crippen MR) is 83.3 cm³/mol. The third-order valence-electron chi connectivity index (χ3n) is 5.89. The lowest BCUT2D eigenvalue weighted by atomic mass is 9.70. The van der Waals surface area contributed by atoms with Crippen LogP contribution in [0.4, 0.5) is 0 Å². The van der Waals surface area contributed by atoms with Crippen LogP contribution in [0.15, 0.2) is 0 Å². The molecule has 1 heterocycles. The van der Waals surface area contributed by atoms with Crippen LogP contribution in [0.5, 0.6) is 0 Å².